The van der Waals surface area contributed by atoms with Crippen molar-refractivity contribution in [3.63, 3.8) is 0 Å². The van der Waals surface area contributed by atoms with Gasteiger partial charge < -0.3 is 0 Å². The molecule has 1 nitrogen and oxygen atoms in total. The van der Waals surface area contributed by atoms with Crippen molar-refractivity contribution < 1.29 is 5.11 Å². The van der Waals surface area contributed by atoms with Gasteiger partial charge in [0.15, 0.2) is 5.75 Å². The van der Waals surface area contributed by atoms with Gasteiger partial charge in [-0.3, -0.25) is 5.11 Å². The molecular formula is C19H29O. The Labute approximate surface area is 124 Å². The van der Waals surface area contributed by atoms with E-state index in [9.17, 15) is 5.11 Å². The molecule has 1 aliphatic rings. The maximum absolute atomic E-state index is 12.3. The van der Waals surface area contributed by atoms with Gasteiger partial charge >= 0.3 is 0 Å². The van der Waals surface area contributed by atoms with Crippen molar-refractivity contribution in [2.45, 2.75) is 83.0 Å². The number of hydrogen-bond donors (Lipinski definition) is 0. The van der Waals surface area contributed by atoms with E-state index in [0.717, 1.165) is 5.56 Å². The molecule has 0 spiro atoms. The van der Waals surface area contributed by atoms with Crippen molar-refractivity contribution in [3.8, 4) is 5.75 Å². The van der Waals surface area contributed by atoms with E-state index in [1.54, 1.807) is 6.07 Å². The topological polar surface area (TPSA) is 19.9 Å². The van der Waals surface area contributed by atoms with Crippen molar-refractivity contribution >= 4 is 0 Å². The lowest BCUT2D eigenvalue weighted by Gasteiger charge is -2.38. The summed E-state index contributed by atoms with van der Waals surface area (Å²) in [6.07, 6.45) is 14.2. The molecule has 0 atom stereocenters. The summed E-state index contributed by atoms with van der Waals surface area (Å²) in [6.45, 7) is 2.26. The standard InChI is InChI=1S/C19H29O/c1-2-3-4-5-9-14-19(15-10-6-11-16-19)17-12-7-8-13-18(17)20/h7-8,12-13H,2-6,9-11,14-16H2,1H3. The predicted molar refractivity (Wildman–Crippen MR) is 84.7 cm³/mol. The van der Waals surface area contributed by atoms with Crippen molar-refractivity contribution in [1.82, 2.24) is 0 Å². The average molecular weight is 273 g/mol. The van der Waals surface area contributed by atoms with Gasteiger partial charge in [0.2, 0.25) is 0 Å². The van der Waals surface area contributed by atoms with Crippen LogP contribution in [0.5, 0.6) is 5.75 Å². The molecule has 0 unspecified atom stereocenters. The van der Waals surface area contributed by atoms with Crippen LogP contribution in [0.25, 0.3) is 0 Å². The van der Waals surface area contributed by atoms with Crippen molar-refractivity contribution in [1.29, 1.82) is 0 Å². The number of hydrogen-bond acceptors (Lipinski definition) is 0. The molecule has 1 saturated carbocycles. The highest BCUT2D eigenvalue weighted by atomic mass is 16.3. The molecule has 0 bridgehead atoms. The third kappa shape index (κ3) is 3.77. The maximum Gasteiger partial charge on any atom is 0.182 e. The summed E-state index contributed by atoms with van der Waals surface area (Å²) in [5, 5.41) is 12.3. The Morgan fingerprint density at radius 2 is 1.65 bits per heavy atom. The third-order valence-electron chi connectivity index (χ3n) is 5.03. The molecule has 1 fully saturated rings. The summed E-state index contributed by atoms with van der Waals surface area (Å²) in [7, 11) is 0. The first kappa shape index (κ1) is 15.4. The minimum atomic E-state index is 0.197. The van der Waals surface area contributed by atoms with Gasteiger partial charge in [-0.15, -0.1) is 0 Å². The molecule has 0 heterocycles. The minimum absolute atomic E-state index is 0.197. The smallest absolute Gasteiger partial charge is 0.182 e. The van der Waals surface area contributed by atoms with Crippen LogP contribution in [0.3, 0.4) is 0 Å². The SMILES string of the molecule is CCCCCCCC1(c2ccccc2[O])CCCCC1. The van der Waals surface area contributed by atoms with Crippen LogP contribution in [0.15, 0.2) is 24.3 Å². The van der Waals surface area contributed by atoms with E-state index >= 15 is 0 Å². The monoisotopic (exact) mass is 273 g/mol. The van der Waals surface area contributed by atoms with E-state index in [0.29, 0.717) is 0 Å². The lowest BCUT2D eigenvalue weighted by molar-refractivity contribution is 0.248. The fourth-order valence-corrected chi connectivity index (χ4v) is 3.85. The first-order valence-corrected chi connectivity index (χ1v) is 8.55. The van der Waals surface area contributed by atoms with E-state index in [-0.39, 0.29) is 11.2 Å². The highest BCUT2D eigenvalue weighted by Crippen LogP contribution is 2.46. The van der Waals surface area contributed by atoms with Crippen LogP contribution in [0.2, 0.25) is 0 Å². The van der Waals surface area contributed by atoms with Crippen LogP contribution in [0.4, 0.5) is 0 Å². The van der Waals surface area contributed by atoms with E-state index in [1.807, 2.05) is 12.1 Å². The summed E-state index contributed by atoms with van der Waals surface area (Å²) in [5.41, 5.74) is 1.30. The average Bonchev–Trinajstić information content (AvgIpc) is 2.48. The van der Waals surface area contributed by atoms with Gasteiger partial charge in [-0.1, -0.05) is 76.5 Å². The lowest BCUT2D eigenvalue weighted by atomic mass is 9.66. The first-order chi connectivity index (χ1) is 9.78. The second-order valence-electron chi connectivity index (χ2n) is 6.50. The summed E-state index contributed by atoms with van der Waals surface area (Å²) in [5.74, 6) is 0.267. The van der Waals surface area contributed by atoms with Crippen LogP contribution < -0.4 is 0 Å². The molecular weight excluding hydrogens is 244 g/mol. The molecule has 1 aromatic rings. The first-order valence-electron chi connectivity index (χ1n) is 8.55. The molecule has 2 rings (SSSR count). The second kappa shape index (κ2) is 7.71. The highest BCUT2D eigenvalue weighted by molar-refractivity contribution is 5.38. The van der Waals surface area contributed by atoms with E-state index < -0.39 is 0 Å². The van der Waals surface area contributed by atoms with Gasteiger partial charge in [0.1, 0.15) is 0 Å². The molecule has 0 aliphatic heterocycles. The summed E-state index contributed by atoms with van der Waals surface area (Å²) < 4.78 is 0. The van der Waals surface area contributed by atoms with Crippen LogP contribution in [-0.2, 0) is 10.5 Å². The van der Waals surface area contributed by atoms with Crippen LogP contribution in [0, 0.1) is 0 Å². The Hall–Kier alpha value is -0.980. The largest absolute Gasteiger partial charge is 0.290 e. The quantitative estimate of drug-likeness (QED) is 0.513. The number of rotatable bonds is 7. The Kier molecular flexibility index (Phi) is 5.94. The van der Waals surface area contributed by atoms with Crippen LogP contribution in [0.1, 0.15) is 83.1 Å². The second-order valence-corrected chi connectivity index (χ2v) is 6.50. The Bertz CT molecular complexity index is 391. The zero-order valence-electron chi connectivity index (χ0n) is 13.0. The fourth-order valence-electron chi connectivity index (χ4n) is 3.85. The molecule has 20 heavy (non-hydrogen) atoms. The van der Waals surface area contributed by atoms with Crippen LogP contribution in [-0.4, -0.2) is 0 Å². The zero-order chi connectivity index (χ0) is 14.3. The van der Waals surface area contributed by atoms with E-state index in [1.165, 1.54) is 70.6 Å². The number of unbranched alkanes of at least 4 members (excludes halogenated alkanes) is 4. The van der Waals surface area contributed by atoms with Gasteiger partial charge in [-0.2, -0.15) is 0 Å². The Morgan fingerprint density at radius 3 is 2.35 bits per heavy atom. The molecule has 1 heteroatoms. The molecule has 0 N–H and O–H groups in total. The molecule has 0 aromatic heterocycles. The third-order valence-corrected chi connectivity index (χ3v) is 5.03. The number of para-hydroxylation sites is 1. The normalized spacial score (nSPS) is 18.1. The predicted octanol–water partition coefficient (Wildman–Crippen LogP) is 6.39. The molecule has 0 saturated heterocycles. The fraction of sp³-hybridized carbons (Fsp3) is 0.684. The molecule has 1 radical (unpaired) electrons. The molecule has 0 amide bonds. The molecule has 1 aliphatic carbocycles. The van der Waals surface area contributed by atoms with Crippen molar-refractivity contribution in [2.24, 2.45) is 0 Å². The van der Waals surface area contributed by atoms with E-state index in [4.69, 9.17) is 0 Å². The van der Waals surface area contributed by atoms with Gasteiger partial charge in [-0.25, -0.2) is 0 Å². The molecule has 111 valence electrons. The summed E-state index contributed by atoms with van der Waals surface area (Å²) in [4.78, 5) is 0. The van der Waals surface area contributed by atoms with Crippen LogP contribution >= 0.6 is 0 Å². The zero-order valence-corrected chi connectivity index (χ0v) is 13.0. The molecule has 1 aromatic carbocycles. The van der Waals surface area contributed by atoms with Crippen molar-refractivity contribution in [2.75, 3.05) is 0 Å². The minimum Gasteiger partial charge on any atom is -0.290 e. The van der Waals surface area contributed by atoms with Gasteiger partial charge in [0.25, 0.3) is 0 Å². The van der Waals surface area contributed by atoms with Gasteiger partial charge in [-0.05, 0) is 30.7 Å². The lowest BCUT2D eigenvalue weighted by Crippen LogP contribution is -2.29. The van der Waals surface area contributed by atoms with E-state index in [2.05, 4.69) is 13.0 Å². The number of benzene rings is 1. The summed E-state index contributed by atoms with van der Waals surface area (Å²) >= 11 is 0. The Balaban J connectivity index is 2.04. The maximum atomic E-state index is 12.3. The Morgan fingerprint density at radius 1 is 0.950 bits per heavy atom. The summed E-state index contributed by atoms with van der Waals surface area (Å²) in [6, 6.07) is 7.77. The van der Waals surface area contributed by atoms with Crippen molar-refractivity contribution in [3.05, 3.63) is 29.8 Å². The highest BCUT2D eigenvalue weighted by Gasteiger charge is 2.35. The van der Waals surface area contributed by atoms with Gasteiger partial charge in [0, 0.05) is 5.56 Å². The van der Waals surface area contributed by atoms with Gasteiger partial charge in [0.05, 0.1) is 0 Å².